The van der Waals surface area contributed by atoms with Crippen molar-refractivity contribution >= 4 is 0 Å². The average molecular weight is 710 g/mol. The molecule has 6 aromatic rings. The maximum absolute atomic E-state index is 4.46. The largest absolute Gasteiger partial charge is 0.305 e. The molecule has 0 aliphatic carbocycles. The normalized spacial score (nSPS) is 10.3. The molecule has 4 heteroatoms. The molecule has 4 aromatic carbocycles. The summed E-state index contributed by atoms with van der Waals surface area (Å²) in [5, 5.41) is 0. The van der Waals surface area contributed by atoms with E-state index < -0.39 is 0 Å². The van der Waals surface area contributed by atoms with Crippen molar-refractivity contribution in [1.29, 1.82) is 0 Å². The number of hydrogen-bond acceptors (Lipinski definition) is 3. The summed E-state index contributed by atoms with van der Waals surface area (Å²) in [5.41, 5.74) is 10.0. The van der Waals surface area contributed by atoms with Gasteiger partial charge in [0.15, 0.2) is 0 Å². The van der Waals surface area contributed by atoms with Crippen LogP contribution in [0.4, 0.5) is 0 Å². The van der Waals surface area contributed by atoms with Gasteiger partial charge >= 0.3 is 0 Å². The Morgan fingerprint density at radius 2 is 1.27 bits per heavy atom. The van der Waals surface area contributed by atoms with Gasteiger partial charge in [-0.3, -0.25) is 9.97 Å². The second-order valence-electron chi connectivity index (χ2n) is 9.93. The van der Waals surface area contributed by atoms with Crippen LogP contribution in [0, 0.1) is 19.1 Å². The van der Waals surface area contributed by atoms with Crippen LogP contribution in [0.25, 0.3) is 44.9 Å². The summed E-state index contributed by atoms with van der Waals surface area (Å²) in [6.07, 6.45) is 5.63. The summed E-state index contributed by atoms with van der Waals surface area (Å²) < 4.78 is 0. The fourth-order valence-corrected chi connectivity index (χ4v) is 4.26. The van der Waals surface area contributed by atoms with Crippen LogP contribution in [0.1, 0.15) is 30.9 Å². The molecule has 0 N–H and O–H groups in total. The van der Waals surface area contributed by atoms with Crippen molar-refractivity contribution in [3.63, 3.8) is 0 Å². The molecule has 1 radical (unpaired) electrons. The van der Waals surface area contributed by atoms with E-state index in [1.807, 2.05) is 73.2 Å². The van der Waals surface area contributed by atoms with E-state index in [1.165, 1.54) is 22.3 Å². The van der Waals surface area contributed by atoms with Gasteiger partial charge in [-0.25, -0.2) is 0 Å². The average Bonchev–Trinajstić information content (AvgIpc) is 3.02. The van der Waals surface area contributed by atoms with Crippen LogP contribution in [-0.4, -0.2) is 15.0 Å². The monoisotopic (exact) mass is 710 g/mol. The fourth-order valence-electron chi connectivity index (χ4n) is 4.26. The predicted octanol–water partition coefficient (Wildman–Crippen LogP) is 9.26. The van der Waals surface area contributed by atoms with Crippen molar-refractivity contribution in [2.24, 2.45) is 0 Å². The first kappa shape index (κ1) is 29.7. The molecule has 0 spiro atoms. The first-order chi connectivity index (χ1) is 19.6. The summed E-state index contributed by atoms with van der Waals surface area (Å²) in [7, 11) is 0. The number of benzene rings is 4. The molecule has 0 aliphatic rings. The maximum Gasteiger partial charge on any atom is 0.0748 e. The van der Waals surface area contributed by atoms with E-state index in [2.05, 4.69) is 102 Å². The van der Waals surface area contributed by atoms with Crippen molar-refractivity contribution in [2.45, 2.75) is 26.7 Å². The number of aromatic nitrogens is 3. The molecule has 0 saturated heterocycles. The Labute approximate surface area is 256 Å². The van der Waals surface area contributed by atoms with Crippen molar-refractivity contribution in [3.05, 3.63) is 151 Å². The molecule has 0 unspecified atom stereocenters. The minimum absolute atomic E-state index is 0. The smallest absolute Gasteiger partial charge is 0.0748 e. The van der Waals surface area contributed by atoms with Crippen LogP contribution in [0.3, 0.4) is 0 Å². The van der Waals surface area contributed by atoms with E-state index in [0.29, 0.717) is 5.92 Å². The van der Waals surface area contributed by atoms with Gasteiger partial charge in [-0.1, -0.05) is 97.3 Å². The third-order valence-corrected chi connectivity index (χ3v) is 6.60. The summed E-state index contributed by atoms with van der Waals surface area (Å²) in [5.74, 6) is 1.16. The molecule has 0 amide bonds. The molecule has 0 saturated carbocycles. The molecule has 41 heavy (non-hydrogen) atoms. The zero-order valence-corrected chi connectivity index (χ0v) is 25.8. The SMILES string of the molecule is CC(C)c1cnc(-c2[c-]ccc(-c3ccccc3)c2)nc1.Cc1ccnc(-c2[c-]cc(-c3ccccc3)cc2)c1.[Ir]. The Hall–Kier alpha value is -4.24. The van der Waals surface area contributed by atoms with E-state index in [9.17, 15) is 0 Å². The number of aryl methyl sites for hydroxylation is 1. The zero-order valence-electron chi connectivity index (χ0n) is 23.4. The Morgan fingerprint density at radius 1 is 0.610 bits per heavy atom. The molecule has 0 atom stereocenters. The predicted molar refractivity (Wildman–Crippen MR) is 165 cm³/mol. The molecule has 2 heterocycles. The van der Waals surface area contributed by atoms with Crippen LogP contribution in [0.2, 0.25) is 0 Å². The van der Waals surface area contributed by atoms with Gasteiger partial charge in [0.25, 0.3) is 0 Å². The maximum atomic E-state index is 4.46. The van der Waals surface area contributed by atoms with Crippen LogP contribution in [0.5, 0.6) is 0 Å². The molecule has 3 nitrogen and oxygen atoms in total. The van der Waals surface area contributed by atoms with Crippen molar-refractivity contribution in [3.8, 4) is 44.9 Å². The minimum Gasteiger partial charge on any atom is -0.305 e. The fraction of sp³-hybridized carbons (Fsp3) is 0.108. The molecule has 2 aromatic heterocycles. The molecule has 6 rings (SSSR count). The summed E-state index contributed by atoms with van der Waals surface area (Å²) >= 11 is 0. The quantitative estimate of drug-likeness (QED) is 0.168. The van der Waals surface area contributed by atoms with Gasteiger partial charge in [0.2, 0.25) is 0 Å². The van der Waals surface area contributed by atoms with E-state index in [-0.39, 0.29) is 20.1 Å². The molecular formula is C37H31IrN3-2. The van der Waals surface area contributed by atoms with Crippen LogP contribution in [0.15, 0.2) is 128 Å². The summed E-state index contributed by atoms with van der Waals surface area (Å²) in [6, 6.07) is 43.5. The second kappa shape index (κ2) is 14.4. The third kappa shape index (κ3) is 7.91. The Bertz CT molecular complexity index is 1650. The standard InChI is InChI=1S/C19H17N2.C18H14N.Ir/c1-14(2)18-12-20-19(21-13-18)17-10-6-9-16(11-17)15-7-4-3-5-8-15;1-14-11-12-19-18(13-14)17-9-7-16(8-10-17)15-5-3-2-4-6-15;/h3-9,11-14H,1-2H3;2-9,11-13H,1H3;/q2*-1;. The molecule has 205 valence electrons. The third-order valence-electron chi connectivity index (χ3n) is 6.60. The van der Waals surface area contributed by atoms with Gasteiger partial charge in [-0.15, -0.1) is 65.2 Å². The van der Waals surface area contributed by atoms with E-state index >= 15 is 0 Å². The second-order valence-corrected chi connectivity index (χ2v) is 9.93. The zero-order chi connectivity index (χ0) is 27.7. The molecular weight excluding hydrogens is 679 g/mol. The number of rotatable bonds is 5. The molecule has 0 bridgehead atoms. The van der Waals surface area contributed by atoms with Gasteiger partial charge in [0.1, 0.15) is 0 Å². The van der Waals surface area contributed by atoms with Crippen LogP contribution in [-0.2, 0) is 20.1 Å². The first-order valence-electron chi connectivity index (χ1n) is 13.5. The van der Waals surface area contributed by atoms with E-state index in [0.717, 1.165) is 33.8 Å². The van der Waals surface area contributed by atoms with Crippen LogP contribution >= 0.6 is 0 Å². The van der Waals surface area contributed by atoms with E-state index in [4.69, 9.17) is 0 Å². The van der Waals surface area contributed by atoms with Gasteiger partial charge in [0.05, 0.1) is 5.82 Å². The first-order valence-corrected chi connectivity index (χ1v) is 13.5. The molecule has 0 aliphatic heterocycles. The minimum atomic E-state index is 0. The number of hydrogen-bond donors (Lipinski definition) is 0. The number of nitrogens with zero attached hydrogens (tertiary/aromatic N) is 3. The number of pyridine rings is 1. The summed E-state index contributed by atoms with van der Waals surface area (Å²) in [6.45, 7) is 6.35. The Balaban J connectivity index is 0.000000185. The van der Waals surface area contributed by atoms with Gasteiger partial charge in [-0.2, -0.15) is 0 Å². The molecule has 0 fully saturated rings. The van der Waals surface area contributed by atoms with Crippen molar-refractivity contribution in [2.75, 3.05) is 0 Å². The van der Waals surface area contributed by atoms with Gasteiger partial charge in [-0.05, 0) is 35.7 Å². The van der Waals surface area contributed by atoms with Crippen molar-refractivity contribution < 1.29 is 20.1 Å². The topological polar surface area (TPSA) is 38.7 Å². The van der Waals surface area contributed by atoms with Gasteiger partial charge < -0.3 is 4.98 Å². The van der Waals surface area contributed by atoms with Crippen LogP contribution < -0.4 is 0 Å². The van der Waals surface area contributed by atoms with Crippen molar-refractivity contribution in [1.82, 2.24) is 15.0 Å². The van der Waals surface area contributed by atoms with Gasteiger partial charge in [0, 0.05) is 38.7 Å². The Morgan fingerprint density at radius 3 is 1.85 bits per heavy atom. The summed E-state index contributed by atoms with van der Waals surface area (Å²) in [4.78, 5) is 13.3. The Kier molecular flexibility index (Phi) is 10.4. The van der Waals surface area contributed by atoms with E-state index in [1.54, 1.807) is 0 Å².